The maximum Gasteiger partial charge on any atom is 0.332 e. The number of aromatic nitrogens is 2. The van der Waals surface area contributed by atoms with E-state index in [0.717, 1.165) is 6.42 Å². The van der Waals surface area contributed by atoms with Crippen LogP contribution in [0.5, 0.6) is 0 Å². The molecule has 0 aliphatic heterocycles. The molecule has 1 unspecified atom stereocenters. The molecule has 0 aliphatic carbocycles. The third-order valence-corrected chi connectivity index (χ3v) is 2.66. The van der Waals surface area contributed by atoms with E-state index in [1.54, 1.807) is 13.8 Å². The highest BCUT2D eigenvalue weighted by molar-refractivity contribution is 5.75. The van der Waals surface area contributed by atoms with Crippen LogP contribution in [0.25, 0.3) is 0 Å². The molecule has 21 heavy (non-hydrogen) atoms. The maximum atomic E-state index is 11.1. The molecule has 0 spiro atoms. The number of nitrogens with zero attached hydrogens (tertiary/aromatic N) is 3. The van der Waals surface area contributed by atoms with Gasteiger partial charge >= 0.3 is 5.69 Å². The van der Waals surface area contributed by atoms with Crippen LogP contribution in [0.4, 0.5) is 17.5 Å². The summed E-state index contributed by atoms with van der Waals surface area (Å²) < 4.78 is 0. The Hall–Kier alpha value is -2.45. The Kier molecular flexibility index (Phi) is 5.82. The average Bonchev–Trinajstić information content (AvgIpc) is 2.34. The summed E-state index contributed by atoms with van der Waals surface area (Å²) in [6.07, 6.45) is 0.929. The van der Waals surface area contributed by atoms with E-state index < -0.39 is 10.8 Å². The van der Waals surface area contributed by atoms with Crippen molar-refractivity contribution in [2.45, 2.75) is 39.7 Å². The van der Waals surface area contributed by atoms with Crippen LogP contribution in [0, 0.1) is 17.0 Å². The minimum atomic E-state index is -0.543. The van der Waals surface area contributed by atoms with Crippen molar-refractivity contribution in [2.75, 3.05) is 17.2 Å². The van der Waals surface area contributed by atoms with Crippen LogP contribution in [-0.2, 0) is 4.79 Å². The molecule has 9 heteroatoms. The first kappa shape index (κ1) is 16.6. The normalized spacial score (nSPS) is 11.8. The number of hydrogen-bond acceptors (Lipinski definition) is 7. The summed E-state index contributed by atoms with van der Waals surface area (Å²) in [7, 11) is 0. The van der Waals surface area contributed by atoms with E-state index in [9.17, 15) is 14.9 Å². The monoisotopic (exact) mass is 296 g/mol. The Morgan fingerprint density at radius 1 is 1.48 bits per heavy atom. The Morgan fingerprint density at radius 2 is 2.14 bits per heavy atom. The van der Waals surface area contributed by atoms with Gasteiger partial charge in [-0.05, 0) is 20.3 Å². The van der Waals surface area contributed by atoms with Crippen molar-refractivity contribution < 1.29 is 9.72 Å². The van der Waals surface area contributed by atoms with Gasteiger partial charge in [0, 0.05) is 19.0 Å². The predicted molar refractivity (Wildman–Crippen MR) is 79.1 cm³/mol. The Labute approximate surface area is 122 Å². The lowest BCUT2D eigenvalue weighted by Crippen LogP contribution is -2.25. The molecule has 0 bridgehead atoms. The summed E-state index contributed by atoms with van der Waals surface area (Å²) in [6.45, 7) is 5.89. The SMILES string of the molecule is CCCNc1nc(C)c([N+](=O)[O-])c(NC(C)CC(N)=O)n1. The molecule has 0 aromatic carbocycles. The zero-order valence-electron chi connectivity index (χ0n) is 12.3. The van der Waals surface area contributed by atoms with Crippen molar-refractivity contribution in [2.24, 2.45) is 5.73 Å². The molecule has 0 radical (unpaired) electrons. The maximum absolute atomic E-state index is 11.1. The fourth-order valence-corrected chi connectivity index (χ4v) is 1.79. The highest BCUT2D eigenvalue weighted by Gasteiger charge is 2.23. The van der Waals surface area contributed by atoms with Crippen molar-refractivity contribution in [1.29, 1.82) is 0 Å². The number of nitrogens with two attached hydrogens (primary N) is 1. The molecule has 1 amide bonds. The molecule has 1 rings (SSSR count). The quantitative estimate of drug-likeness (QED) is 0.484. The van der Waals surface area contributed by atoms with Crippen LogP contribution >= 0.6 is 0 Å². The van der Waals surface area contributed by atoms with E-state index >= 15 is 0 Å². The summed E-state index contributed by atoms with van der Waals surface area (Å²) in [5.41, 5.74) is 5.16. The lowest BCUT2D eigenvalue weighted by Gasteiger charge is -2.14. The summed E-state index contributed by atoms with van der Waals surface area (Å²) in [5.74, 6) is -0.0960. The second-order valence-corrected chi connectivity index (χ2v) is 4.73. The largest absolute Gasteiger partial charge is 0.370 e. The number of nitro groups is 1. The number of aryl methyl sites for hydroxylation is 1. The fourth-order valence-electron chi connectivity index (χ4n) is 1.79. The van der Waals surface area contributed by atoms with Crippen LogP contribution < -0.4 is 16.4 Å². The highest BCUT2D eigenvalue weighted by Crippen LogP contribution is 2.27. The first-order chi connectivity index (χ1) is 9.85. The van der Waals surface area contributed by atoms with Gasteiger partial charge in [-0.15, -0.1) is 0 Å². The molecule has 1 atom stereocenters. The molecule has 1 heterocycles. The van der Waals surface area contributed by atoms with Crippen molar-refractivity contribution in [3.05, 3.63) is 15.8 Å². The van der Waals surface area contributed by atoms with Gasteiger partial charge in [-0.2, -0.15) is 4.98 Å². The molecule has 4 N–H and O–H groups in total. The molecule has 1 aromatic heterocycles. The van der Waals surface area contributed by atoms with E-state index in [1.165, 1.54) is 0 Å². The molecule has 0 fully saturated rings. The first-order valence-corrected chi connectivity index (χ1v) is 6.66. The smallest absolute Gasteiger partial charge is 0.332 e. The highest BCUT2D eigenvalue weighted by atomic mass is 16.6. The summed E-state index contributed by atoms with van der Waals surface area (Å²) in [5, 5.41) is 17.0. The van der Waals surface area contributed by atoms with E-state index in [0.29, 0.717) is 12.5 Å². The van der Waals surface area contributed by atoms with Gasteiger partial charge in [-0.1, -0.05) is 6.92 Å². The second kappa shape index (κ2) is 7.36. The number of rotatable bonds is 8. The number of amides is 1. The zero-order chi connectivity index (χ0) is 16.0. The van der Waals surface area contributed by atoms with Gasteiger partial charge in [-0.25, -0.2) is 4.98 Å². The Bertz CT molecular complexity index is 534. The molecular weight excluding hydrogens is 276 g/mol. The minimum absolute atomic E-state index is 0.0535. The van der Waals surface area contributed by atoms with Gasteiger partial charge in [0.05, 0.1) is 4.92 Å². The zero-order valence-corrected chi connectivity index (χ0v) is 12.3. The molecular formula is C12H20N6O3. The van der Waals surface area contributed by atoms with Gasteiger partial charge in [0.25, 0.3) is 0 Å². The van der Waals surface area contributed by atoms with Crippen molar-refractivity contribution in [1.82, 2.24) is 9.97 Å². The minimum Gasteiger partial charge on any atom is -0.370 e. The molecule has 116 valence electrons. The number of carbonyl (C=O) groups is 1. The molecule has 0 aliphatic rings. The van der Waals surface area contributed by atoms with Crippen molar-refractivity contribution in [3.8, 4) is 0 Å². The topological polar surface area (TPSA) is 136 Å². The van der Waals surface area contributed by atoms with Crippen LogP contribution in [0.2, 0.25) is 0 Å². The van der Waals surface area contributed by atoms with Crippen LogP contribution in [0.15, 0.2) is 0 Å². The third-order valence-electron chi connectivity index (χ3n) is 2.66. The second-order valence-electron chi connectivity index (χ2n) is 4.73. The van der Waals surface area contributed by atoms with Crippen LogP contribution in [0.3, 0.4) is 0 Å². The first-order valence-electron chi connectivity index (χ1n) is 6.66. The molecule has 1 aromatic rings. The Morgan fingerprint density at radius 3 is 2.67 bits per heavy atom. The summed E-state index contributed by atoms with van der Waals surface area (Å²) in [6, 6.07) is -0.366. The standard InChI is InChI=1S/C12H20N6O3/c1-4-5-14-12-16-8(3)10(18(20)21)11(17-12)15-7(2)6-9(13)19/h7H,4-6H2,1-3H3,(H2,13,19)(H2,14,15,16,17). The van der Waals surface area contributed by atoms with E-state index in [4.69, 9.17) is 5.73 Å². The van der Waals surface area contributed by atoms with Gasteiger partial charge < -0.3 is 16.4 Å². The number of hydrogen-bond donors (Lipinski definition) is 3. The van der Waals surface area contributed by atoms with Crippen molar-refractivity contribution >= 4 is 23.4 Å². The fraction of sp³-hybridized carbons (Fsp3) is 0.583. The third kappa shape index (κ3) is 4.86. The lowest BCUT2D eigenvalue weighted by atomic mass is 10.2. The van der Waals surface area contributed by atoms with Crippen LogP contribution in [0.1, 0.15) is 32.4 Å². The number of anilines is 2. The average molecular weight is 296 g/mol. The predicted octanol–water partition coefficient (Wildman–Crippen LogP) is 1.19. The lowest BCUT2D eigenvalue weighted by molar-refractivity contribution is -0.385. The van der Waals surface area contributed by atoms with Crippen LogP contribution in [-0.4, -0.2) is 33.4 Å². The van der Waals surface area contributed by atoms with Gasteiger partial charge in [0.15, 0.2) is 0 Å². The van der Waals surface area contributed by atoms with Gasteiger partial charge in [-0.3, -0.25) is 14.9 Å². The Balaban J connectivity index is 3.09. The molecule has 0 saturated heterocycles. The van der Waals surface area contributed by atoms with E-state index in [1.807, 2.05) is 6.92 Å². The van der Waals surface area contributed by atoms with Crippen molar-refractivity contribution in [3.63, 3.8) is 0 Å². The van der Waals surface area contributed by atoms with Gasteiger partial charge in [0.1, 0.15) is 5.69 Å². The van der Waals surface area contributed by atoms with E-state index in [2.05, 4.69) is 20.6 Å². The van der Waals surface area contributed by atoms with E-state index in [-0.39, 0.29) is 29.7 Å². The summed E-state index contributed by atoms with van der Waals surface area (Å²) >= 11 is 0. The number of nitrogens with one attached hydrogen (secondary N) is 2. The number of primary amides is 1. The summed E-state index contributed by atoms with van der Waals surface area (Å²) in [4.78, 5) is 29.7. The molecule has 0 saturated carbocycles. The number of carbonyl (C=O) groups excluding carboxylic acids is 1. The molecule has 9 nitrogen and oxygen atoms in total. The van der Waals surface area contributed by atoms with Gasteiger partial charge in [0.2, 0.25) is 17.7 Å².